The number of nitrogens with zero attached hydrogens (tertiary/aromatic N) is 2. The Labute approximate surface area is 137 Å². The Kier molecular flexibility index (Phi) is 4.28. The Hall–Kier alpha value is -1.14. The lowest BCUT2D eigenvalue weighted by atomic mass is 9.99. The van der Waals surface area contributed by atoms with E-state index in [0.29, 0.717) is 25.0 Å². The van der Waals surface area contributed by atoms with E-state index in [-0.39, 0.29) is 24.0 Å². The minimum atomic E-state index is -0.314. The molecule has 0 aromatic rings. The minimum absolute atomic E-state index is 0.0432. The van der Waals surface area contributed by atoms with E-state index in [1.807, 2.05) is 9.80 Å². The number of hydrogen-bond acceptors (Lipinski definition) is 4. The maximum atomic E-state index is 13.0. The van der Waals surface area contributed by atoms with Crippen LogP contribution in [0.3, 0.4) is 0 Å². The largest absolute Gasteiger partial charge is 0.368 e. The third kappa shape index (κ3) is 2.87. The molecule has 0 spiro atoms. The summed E-state index contributed by atoms with van der Waals surface area (Å²) in [5.74, 6) is 1.42. The quantitative estimate of drug-likeness (QED) is 0.791. The monoisotopic (exact) mass is 321 g/mol. The second-order valence-corrected chi connectivity index (χ2v) is 7.47. The Morgan fingerprint density at radius 1 is 0.957 bits per heavy atom. The van der Waals surface area contributed by atoms with E-state index in [2.05, 4.69) is 5.32 Å². The van der Waals surface area contributed by atoms with Gasteiger partial charge in [-0.15, -0.1) is 0 Å². The number of piperidine rings is 1. The average Bonchev–Trinajstić information content (AvgIpc) is 3.29. The fourth-order valence-electron chi connectivity index (χ4n) is 4.66. The van der Waals surface area contributed by atoms with E-state index < -0.39 is 0 Å². The molecule has 1 N–H and O–H groups in total. The molecule has 128 valence electrons. The van der Waals surface area contributed by atoms with Crippen molar-refractivity contribution < 1.29 is 14.3 Å². The van der Waals surface area contributed by atoms with Crippen molar-refractivity contribution in [2.45, 2.75) is 44.2 Å². The maximum absolute atomic E-state index is 13.0. The lowest BCUT2D eigenvalue weighted by molar-refractivity contribution is -0.153. The lowest BCUT2D eigenvalue weighted by Crippen LogP contribution is -2.55. The van der Waals surface area contributed by atoms with Gasteiger partial charge in [0.2, 0.25) is 5.91 Å². The van der Waals surface area contributed by atoms with Gasteiger partial charge in [0.15, 0.2) is 0 Å². The van der Waals surface area contributed by atoms with Crippen LogP contribution < -0.4 is 5.32 Å². The lowest BCUT2D eigenvalue weighted by Gasteiger charge is -2.38. The van der Waals surface area contributed by atoms with E-state index in [9.17, 15) is 9.59 Å². The SMILES string of the molecule is O=C(C1CCCCN1C(=O)C1CCCO1)N1C[C@H]2CNC[C@H]2C1. The number of nitrogens with one attached hydrogen (secondary N) is 1. The predicted octanol–water partition coefficient (Wildman–Crippen LogP) is 0.224. The van der Waals surface area contributed by atoms with Gasteiger partial charge < -0.3 is 19.9 Å². The zero-order chi connectivity index (χ0) is 15.8. The molecule has 23 heavy (non-hydrogen) atoms. The molecule has 4 heterocycles. The van der Waals surface area contributed by atoms with Crippen LogP contribution in [0.25, 0.3) is 0 Å². The van der Waals surface area contributed by atoms with Crippen molar-refractivity contribution in [3.8, 4) is 0 Å². The van der Waals surface area contributed by atoms with Gasteiger partial charge >= 0.3 is 0 Å². The van der Waals surface area contributed by atoms with Crippen molar-refractivity contribution in [1.82, 2.24) is 15.1 Å². The highest BCUT2D eigenvalue weighted by Crippen LogP contribution is 2.29. The van der Waals surface area contributed by atoms with Crippen molar-refractivity contribution in [2.24, 2.45) is 11.8 Å². The summed E-state index contributed by atoms with van der Waals surface area (Å²) in [6, 6.07) is -0.257. The molecule has 6 nitrogen and oxygen atoms in total. The summed E-state index contributed by atoms with van der Waals surface area (Å²) in [4.78, 5) is 29.6. The van der Waals surface area contributed by atoms with Gasteiger partial charge in [-0.1, -0.05) is 0 Å². The average molecular weight is 321 g/mol. The molecule has 0 aromatic heterocycles. The first-order chi connectivity index (χ1) is 11.2. The molecule has 0 aromatic carbocycles. The number of amides is 2. The van der Waals surface area contributed by atoms with Gasteiger partial charge in [-0.3, -0.25) is 9.59 Å². The Morgan fingerprint density at radius 3 is 2.43 bits per heavy atom. The molecular weight excluding hydrogens is 294 g/mol. The fourth-order valence-corrected chi connectivity index (χ4v) is 4.66. The number of likely N-dealkylation sites (tertiary alicyclic amines) is 2. The summed E-state index contributed by atoms with van der Waals surface area (Å²) in [6.45, 7) is 5.14. The second kappa shape index (κ2) is 6.40. The van der Waals surface area contributed by atoms with Crippen LogP contribution in [0, 0.1) is 11.8 Å². The standard InChI is InChI=1S/C17H27N3O3/c21-16(19-10-12-8-18-9-13(12)11-19)14-4-1-2-6-20(14)17(22)15-5-3-7-23-15/h12-15,18H,1-11H2/t12-,13+,14?,15?. The highest BCUT2D eigenvalue weighted by atomic mass is 16.5. The van der Waals surface area contributed by atoms with Crippen molar-refractivity contribution in [3.05, 3.63) is 0 Å². The topological polar surface area (TPSA) is 61.9 Å². The minimum Gasteiger partial charge on any atom is -0.368 e. The van der Waals surface area contributed by atoms with Crippen LogP contribution in [0.1, 0.15) is 32.1 Å². The summed E-state index contributed by atoms with van der Waals surface area (Å²) in [7, 11) is 0. The zero-order valence-electron chi connectivity index (χ0n) is 13.7. The Bertz CT molecular complexity index is 466. The molecule has 0 bridgehead atoms. The molecule has 4 fully saturated rings. The predicted molar refractivity (Wildman–Crippen MR) is 84.8 cm³/mol. The van der Waals surface area contributed by atoms with Crippen LogP contribution in [0.15, 0.2) is 0 Å². The second-order valence-electron chi connectivity index (χ2n) is 7.47. The van der Waals surface area contributed by atoms with E-state index in [1.54, 1.807) is 0 Å². The van der Waals surface area contributed by atoms with Crippen molar-refractivity contribution >= 4 is 11.8 Å². The van der Waals surface area contributed by atoms with Crippen molar-refractivity contribution in [1.29, 1.82) is 0 Å². The highest BCUT2D eigenvalue weighted by molar-refractivity contribution is 5.90. The Balaban J connectivity index is 1.44. The van der Waals surface area contributed by atoms with Crippen LogP contribution in [0.2, 0.25) is 0 Å². The van der Waals surface area contributed by atoms with Gasteiger partial charge in [-0.2, -0.15) is 0 Å². The smallest absolute Gasteiger partial charge is 0.252 e. The van der Waals surface area contributed by atoms with Gasteiger partial charge in [0.1, 0.15) is 12.1 Å². The van der Waals surface area contributed by atoms with E-state index in [4.69, 9.17) is 4.74 Å². The van der Waals surface area contributed by atoms with Crippen molar-refractivity contribution in [2.75, 3.05) is 39.3 Å². The first-order valence-corrected chi connectivity index (χ1v) is 9.15. The third-order valence-electron chi connectivity index (χ3n) is 5.98. The van der Waals surface area contributed by atoms with E-state index in [1.165, 1.54) is 0 Å². The number of carbonyl (C=O) groups is 2. The first-order valence-electron chi connectivity index (χ1n) is 9.15. The van der Waals surface area contributed by atoms with Gasteiger partial charge in [0.05, 0.1) is 0 Å². The normalized spacial score (nSPS) is 37.2. The molecule has 4 saturated heterocycles. The summed E-state index contributed by atoms with van der Waals surface area (Å²) in [6.07, 6.45) is 4.28. The van der Waals surface area contributed by atoms with Crippen LogP contribution in [0.5, 0.6) is 0 Å². The third-order valence-corrected chi connectivity index (χ3v) is 5.98. The number of fused-ring (bicyclic) bond motifs is 1. The van der Waals surface area contributed by atoms with Crippen LogP contribution >= 0.6 is 0 Å². The summed E-state index contributed by atoms with van der Waals surface area (Å²) in [5, 5.41) is 3.41. The molecule has 4 aliphatic rings. The number of hydrogen-bond donors (Lipinski definition) is 1. The Morgan fingerprint density at radius 2 is 1.74 bits per heavy atom. The molecule has 4 rings (SSSR count). The van der Waals surface area contributed by atoms with E-state index in [0.717, 1.165) is 58.3 Å². The molecule has 2 amide bonds. The van der Waals surface area contributed by atoms with Crippen molar-refractivity contribution in [3.63, 3.8) is 0 Å². The van der Waals surface area contributed by atoms with Gasteiger partial charge in [0, 0.05) is 39.3 Å². The fraction of sp³-hybridized carbons (Fsp3) is 0.882. The molecule has 0 radical (unpaired) electrons. The molecular formula is C17H27N3O3. The highest BCUT2D eigenvalue weighted by Gasteiger charge is 2.43. The van der Waals surface area contributed by atoms with Crippen LogP contribution in [0.4, 0.5) is 0 Å². The van der Waals surface area contributed by atoms with Gasteiger partial charge in [-0.25, -0.2) is 0 Å². The molecule has 2 unspecified atom stereocenters. The molecule has 4 atom stereocenters. The first kappa shape index (κ1) is 15.4. The molecule has 6 heteroatoms. The van der Waals surface area contributed by atoms with Crippen LogP contribution in [-0.2, 0) is 14.3 Å². The molecule has 0 aliphatic carbocycles. The molecule has 0 saturated carbocycles. The summed E-state index contributed by atoms with van der Waals surface area (Å²) in [5.41, 5.74) is 0. The maximum Gasteiger partial charge on any atom is 0.252 e. The number of carbonyl (C=O) groups excluding carboxylic acids is 2. The van der Waals surface area contributed by atoms with E-state index >= 15 is 0 Å². The zero-order valence-corrected chi connectivity index (χ0v) is 13.7. The van der Waals surface area contributed by atoms with Gasteiger partial charge in [0.25, 0.3) is 5.91 Å². The number of rotatable bonds is 2. The van der Waals surface area contributed by atoms with Crippen LogP contribution in [-0.4, -0.2) is 73.1 Å². The summed E-state index contributed by atoms with van der Waals surface area (Å²) >= 11 is 0. The summed E-state index contributed by atoms with van der Waals surface area (Å²) < 4.78 is 5.56. The molecule has 4 aliphatic heterocycles. The van der Waals surface area contributed by atoms with Gasteiger partial charge in [-0.05, 0) is 43.9 Å². The number of ether oxygens (including phenoxy) is 1.